The molecule has 1 aromatic carbocycles. The highest BCUT2D eigenvalue weighted by Crippen LogP contribution is 2.36. The monoisotopic (exact) mass is 272 g/mol. The molecule has 1 N–H and O–H groups in total. The Hall–Kier alpha value is -2.69. The molecule has 2 heterocycles. The molecule has 102 valence electrons. The van der Waals surface area contributed by atoms with E-state index in [1.54, 1.807) is 19.1 Å². The van der Waals surface area contributed by atoms with E-state index >= 15 is 0 Å². The van der Waals surface area contributed by atoms with Crippen molar-refractivity contribution in [1.82, 2.24) is 0 Å². The summed E-state index contributed by atoms with van der Waals surface area (Å²) in [7, 11) is 0. The number of carbonyl (C=O) groups is 1. The molecule has 0 spiro atoms. The molecule has 0 unspecified atom stereocenters. The van der Waals surface area contributed by atoms with Crippen molar-refractivity contribution in [2.75, 3.05) is 6.79 Å². The predicted molar refractivity (Wildman–Crippen MR) is 71.6 cm³/mol. The summed E-state index contributed by atoms with van der Waals surface area (Å²) in [6, 6.07) is 9.06. The average Bonchev–Trinajstić information content (AvgIpc) is 3.06. The van der Waals surface area contributed by atoms with Gasteiger partial charge in [0, 0.05) is 11.6 Å². The van der Waals surface area contributed by atoms with E-state index in [9.17, 15) is 4.79 Å². The largest absolute Gasteiger partial charge is 0.478 e. The molecule has 1 aliphatic heterocycles. The van der Waals surface area contributed by atoms with Gasteiger partial charge < -0.3 is 19.0 Å². The van der Waals surface area contributed by atoms with Gasteiger partial charge in [0.05, 0.1) is 0 Å². The third-order valence-corrected chi connectivity index (χ3v) is 2.99. The quantitative estimate of drug-likeness (QED) is 0.869. The number of furan rings is 1. The van der Waals surface area contributed by atoms with Crippen molar-refractivity contribution in [2.24, 2.45) is 0 Å². The number of allylic oxidation sites excluding steroid dienone is 1. The van der Waals surface area contributed by atoms with Crippen LogP contribution in [0.25, 0.3) is 16.9 Å². The minimum absolute atomic E-state index is 0.225. The number of aliphatic carboxylic acids is 1. The van der Waals surface area contributed by atoms with Gasteiger partial charge in [-0.05, 0) is 42.8 Å². The first-order valence-electron chi connectivity index (χ1n) is 6.05. The minimum atomic E-state index is -0.997. The predicted octanol–water partition coefficient (Wildman–Crippen LogP) is 3.16. The number of carboxylic acids is 1. The van der Waals surface area contributed by atoms with Crippen LogP contribution in [-0.2, 0) is 4.79 Å². The summed E-state index contributed by atoms with van der Waals surface area (Å²) in [5.74, 6) is 1.57. The summed E-state index contributed by atoms with van der Waals surface area (Å²) in [6.45, 7) is 1.92. The minimum Gasteiger partial charge on any atom is -0.478 e. The maximum Gasteiger partial charge on any atom is 0.328 e. The van der Waals surface area contributed by atoms with Crippen LogP contribution in [0.5, 0.6) is 11.5 Å². The van der Waals surface area contributed by atoms with Crippen molar-refractivity contribution in [3.63, 3.8) is 0 Å². The van der Waals surface area contributed by atoms with Crippen molar-refractivity contribution in [2.45, 2.75) is 6.92 Å². The van der Waals surface area contributed by atoms with Crippen molar-refractivity contribution in [1.29, 1.82) is 0 Å². The first-order chi connectivity index (χ1) is 9.63. The summed E-state index contributed by atoms with van der Waals surface area (Å²) in [6.07, 6.45) is 1.11. The first-order valence-corrected chi connectivity index (χ1v) is 6.05. The standard InChI is InChI=1S/C15H12O5/c1-9(6-15(16)17)11-4-5-12(20-11)10-2-3-13-14(7-10)19-8-18-13/h2-7H,8H2,1H3,(H,16,17)/b9-6+. The fourth-order valence-corrected chi connectivity index (χ4v) is 2.01. The van der Waals surface area contributed by atoms with Gasteiger partial charge in [-0.2, -0.15) is 0 Å². The first kappa shape index (κ1) is 12.3. The van der Waals surface area contributed by atoms with Crippen LogP contribution in [0.2, 0.25) is 0 Å². The molecule has 5 nitrogen and oxygen atoms in total. The number of ether oxygens (including phenoxy) is 2. The molecule has 20 heavy (non-hydrogen) atoms. The second-order valence-corrected chi connectivity index (χ2v) is 4.40. The van der Waals surface area contributed by atoms with E-state index < -0.39 is 5.97 Å². The highest BCUT2D eigenvalue weighted by molar-refractivity contribution is 5.88. The lowest BCUT2D eigenvalue weighted by Crippen LogP contribution is -1.92. The van der Waals surface area contributed by atoms with E-state index in [0.29, 0.717) is 28.6 Å². The van der Waals surface area contributed by atoms with Crippen LogP contribution < -0.4 is 9.47 Å². The van der Waals surface area contributed by atoms with E-state index in [1.165, 1.54) is 0 Å². The number of carboxylic acid groups (broad SMARTS) is 1. The van der Waals surface area contributed by atoms with Crippen molar-refractivity contribution >= 4 is 11.5 Å². The second-order valence-electron chi connectivity index (χ2n) is 4.40. The summed E-state index contributed by atoms with van der Waals surface area (Å²) >= 11 is 0. The number of hydrogen-bond donors (Lipinski definition) is 1. The summed E-state index contributed by atoms with van der Waals surface area (Å²) in [4.78, 5) is 10.6. The zero-order chi connectivity index (χ0) is 14.1. The Bertz CT molecular complexity index is 696. The third kappa shape index (κ3) is 2.25. The lowest BCUT2D eigenvalue weighted by Gasteiger charge is -2.00. The Kier molecular flexibility index (Phi) is 2.95. The molecule has 0 saturated heterocycles. The molecule has 1 aliphatic rings. The molecular formula is C15H12O5. The second kappa shape index (κ2) is 4.77. The van der Waals surface area contributed by atoms with Crippen molar-refractivity contribution in [3.05, 3.63) is 42.2 Å². The lowest BCUT2D eigenvalue weighted by molar-refractivity contribution is -0.131. The average molecular weight is 272 g/mol. The SMILES string of the molecule is C/C(=C\C(=O)O)c1ccc(-c2ccc3c(c2)OCO3)o1. The molecule has 1 aromatic heterocycles. The van der Waals surface area contributed by atoms with Gasteiger partial charge in [0.25, 0.3) is 0 Å². The Morgan fingerprint density at radius 3 is 2.80 bits per heavy atom. The zero-order valence-electron chi connectivity index (χ0n) is 10.8. The number of rotatable bonds is 3. The van der Waals surface area contributed by atoms with Gasteiger partial charge in [0.2, 0.25) is 6.79 Å². The van der Waals surface area contributed by atoms with Crippen LogP contribution in [0.1, 0.15) is 12.7 Å². The Labute approximate surface area is 115 Å². The van der Waals surface area contributed by atoms with Gasteiger partial charge in [-0.3, -0.25) is 0 Å². The van der Waals surface area contributed by atoms with Gasteiger partial charge in [0.15, 0.2) is 11.5 Å². The third-order valence-electron chi connectivity index (χ3n) is 2.99. The highest BCUT2D eigenvalue weighted by Gasteiger charge is 2.15. The summed E-state index contributed by atoms with van der Waals surface area (Å²) in [5, 5.41) is 8.73. The van der Waals surface area contributed by atoms with E-state index in [0.717, 1.165) is 11.6 Å². The summed E-state index contributed by atoms with van der Waals surface area (Å²) in [5.41, 5.74) is 1.41. The van der Waals surface area contributed by atoms with Gasteiger partial charge in [0.1, 0.15) is 11.5 Å². The van der Waals surface area contributed by atoms with Crippen molar-refractivity contribution < 1.29 is 23.8 Å². The van der Waals surface area contributed by atoms with E-state index in [4.69, 9.17) is 19.0 Å². The normalized spacial score (nSPS) is 13.6. The van der Waals surface area contributed by atoms with Crippen LogP contribution in [-0.4, -0.2) is 17.9 Å². The van der Waals surface area contributed by atoms with Crippen LogP contribution >= 0.6 is 0 Å². The maximum absolute atomic E-state index is 10.6. The Balaban J connectivity index is 1.92. The molecule has 0 fully saturated rings. The fourth-order valence-electron chi connectivity index (χ4n) is 2.01. The zero-order valence-corrected chi connectivity index (χ0v) is 10.8. The molecule has 0 radical (unpaired) electrons. The number of fused-ring (bicyclic) bond motifs is 1. The topological polar surface area (TPSA) is 68.9 Å². The highest BCUT2D eigenvalue weighted by atomic mass is 16.7. The van der Waals surface area contributed by atoms with E-state index in [-0.39, 0.29) is 6.79 Å². The Morgan fingerprint density at radius 1 is 1.20 bits per heavy atom. The maximum atomic E-state index is 10.6. The van der Waals surface area contributed by atoms with Gasteiger partial charge >= 0.3 is 5.97 Å². The molecule has 0 saturated carbocycles. The van der Waals surface area contributed by atoms with Crippen molar-refractivity contribution in [3.8, 4) is 22.8 Å². The fraction of sp³-hybridized carbons (Fsp3) is 0.133. The van der Waals surface area contributed by atoms with Crippen LogP contribution in [0.4, 0.5) is 0 Å². The van der Waals surface area contributed by atoms with Crippen LogP contribution in [0.3, 0.4) is 0 Å². The van der Waals surface area contributed by atoms with E-state index in [2.05, 4.69) is 0 Å². The van der Waals surface area contributed by atoms with E-state index in [1.807, 2.05) is 18.2 Å². The molecule has 0 amide bonds. The molecule has 5 heteroatoms. The molecule has 0 aliphatic carbocycles. The number of benzene rings is 1. The molecular weight excluding hydrogens is 260 g/mol. The molecule has 3 rings (SSSR count). The molecule has 0 atom stereocenters. The smallest absolute Gasteiger partial charge is 0.328 e. The Morgan fingerprint density at radius 2 is 2.00 bits per heavy atom. The molecule has 0 bridgehead atoms. The summed E-state index contributed by atoms with van der Waals surface area (Å²) < 4.78 is 16.2. The van der Waals surface area contributed by atoms with Crippen LogP contribution in [0, 0.1) is 0 Å². The van der Waals surface area contributed by atoms with Gasteiger partial charge in [-0.1, -0.05) is 0 Å². The van der Waals surface area contributed by atoms with Gasteiger partial charge in [-0.25, -0.2) is 4.79 Å². The van der Waals surface area contributed by atoms with Crippen LogP contribution in [0.15, 0.2) is 40.8 Å². The lowest BCUT2D eigenvalue weighted by atomic mass is 10.1. The van der Waals surface area contributed by atoms with Gasteiger partial charge in [-0.15, -0.1) is 0 Å². The molecule has 2 aromatic rings. The number of hydrogen-bond acceptors (Lipinski definition) is 4.